The van der Waals surface area contributed by atoms with Crippen LogP contribution < -0.4 is 10.6 Å². The lowest BCUT2D eigenvalue weighted by atomic mass is 10.2. The van der Waals surface area contributed by atoms with E-state index in [1.807, 2.05) is 152 Å². The summed E-state index contributed by atoms with van der Waals surface area (Å²) >= 11 is 0. The van der Waals surface area contributed by atoms with Crippen molar-refractivity contribution in [1.29, 1.82) is 0 Å². The molecule has 12 nitrogen and oxygen atoms in total. The van der Waals surface area contributed by atoms with E-state index in [0.29, 0.717) is 24.9 Å². The molecule has 2 amide bonds. The van der Waals surface area contributed by atoms with E-state index < -0.39 is 0 Å². The van der Waals surface area contributed by atoms with Crippen LogP contribution in [-0.2, 0) is 22.7 Å². The Hall–Kier alpha value is -6.04. The summed E-state index contributed by atoms with van der Waals surface area (Å²) in [5, 5.41) is 5.65. The molecule has 0 aromatic carbocycles. The summed E-state index contributed by atoms with van der Waals surface area (Å²) in [5.41, 5.74) is 3.89. The van der Waals surface area contributed by atoms with E-state index in [0.717, 1.165) is 45.7 Å². The first kappa shape index (κ1) is 61.3. The van der Waals surface area contributed by atoms with Crippen LogP contribution in [0.3, 0.4) is 0 Å². The van der Waals surface area contributed by atoms with E-state index in [9.17, 15) is 9.59 Å². The Bertz CT molecular complexity index is 1770. The minimum absolute atomic E-state index is 0. The van der Waals surface area contributed by atoms with Gasteiger partial charge in [0.15, 0.2) is 23.3 Å². The quantitative estimate of drug-likeness (QED) is 0.135. The minimum Gasteiger partial charge on any atom is -0.440 e. The second kappa shape index (κ2) is 38.9. The second-order valence-corrected chi connectivity index (χ2v) is 13.4. The number of nitrogens with zero attached hydrogens (tertiary/aromatic N) is 6. The summed E-state index contributed by atoms with van der Waals surface area (Å²) in [6.45, 7) is 32.9. The van der Waals surface area contributed by atoms with Gasteiger partial charge < -0.3 is 19.5 Å². The van der Waals surface area contributed by atoms with E-state index in [1.54, 1.807) is 55.8 Å². The maximum atomic E-state index is 11.2. The van der Waals surface area contributed by atoms with Crippen molar-refractivity contribution >= 4 is 11.8 Å². The van der Waals surface area contributed by atoms with Crippen LogP contribution in [0.4, 0.5) is 0 Å². The van der Waals surface area contributed by atoms with Crippen molar-refractivity contribution in [3.05, 3.63) is 133 Å². The standard InChI is InChI=1S/2C11H12N2O.2C10H14N2O.4C2H6.CH4/c1-8(2)11-13-7-10(14-11)9-4-3-5-12-6-9;1-8(2)11-13-7-10(14-11)9-5-3-4-6-12-9;1-8(2)10(13)12-7-9-3-5-11-6-4-9;1-8(2)10(13)12-7-9-4-3-5-11-6-9;4*1-2;/h2*3-8H,1-2H3;2*3-6,8H,7H2,1-2H3,(H,12,13);4*1-2H3;1H4. The molecule has 0 unspecified atom stereocenters. The number of carbonyl (C=O) groups excluding carboxylic acids is 2. The molecule has 0 saturated heterocycles. The van der Waals surface area contributed by atoms with Crippen LogP contribution in [0.2, 0.25) is 0 Å². The molecule has 0 aliphatic heterocycles. The molecule has 0 atom stereocenters. The molecule has 6 aromatic rings. The van der Waals surface area contributed by atoms with Crippen molar-refractivity contribution < 1.29 is 18.4 Å². The van der Waals surface area contributed by atoms with Crippen LogP contribution in [0, 0.1) is 11.8 Å². The van der Waals surface area contributed by atoms with Crippen molar-refractivity contribution in [2.24, 2.45) is 11.8 Å². The number of hydrogen-bond acceptors (Lipinski definition) is 10. The van der Waals surface area contributed by atoms with Crippen LogP contribution >= 0.6 is 0 Å². The van der Waals surface area contributed by atoms with Gasteiger partial charge in [-0.05, 0) is 53.6 Å². The molecule has 348 valence electrons. The number of aromatic nitrogens is 6. The van der Waals surface area contributed by atoms with Crippen LogP contribution in [0.1, 0.15) is 153 Å². The average Bonchev–Trinajstić information content (AvgIpc) is 4.05. The molecule has 0 spiro atoms. The third-order valence-electron chi connectivity index (χ3n) is 7.35. The topological polar surface area (TPSA) is 162 Å². The summed E-state index contributed by atoms with van der Waals surface area (Å²) in [7, 11) is 0. The Labute approximate surface area is 380 Å². The van der Waals surface area contributed by atoms with Gasteiger partial charge in [-0.25, -0.2) is 9.97 Å². The maximum Gasteiger partial charge on any atom is 0.222 e. The van der Waals surface area contributed by atoms with Gasteiger partial charge in [0, 0.05) is 85.7 Å². The molecule has 6 heterocycles. The van der Waals surface area contributed by atoms with Crippen LogP contribution in [-0.4, -0.2) is 41.7 Å². The van der Waals surface area contributed by atoms with Crippen molar-refractivity contribution in [3.63, 3.8) is 0 Å². The van der Waals surface area contributed by atoms with E-state index in [-0.39, 0.29) is 31.1 Å². The van der Waals surface area contributed by atoms with Crippen LogP contribution in [0.25, 0.3) is 22.8 Å². The molecule has 63 heavy (non-hydrogen) atoms. The first-order valence-electron chi connectivity index (χ1n) is 22.0. The first-order valence-corrected chi connectivity index (χ1v) is 22.0. The normalized spacial score (nSPS) is 9.33. The van der Waals surface area contributed by atoms with Gasteiger partial charge in [0.25, 0.3) is 0 Å². The van der Waals surface area contributed by atoms with Crippen molar-refractivity contribution in [3.8, 4) is 22.8 Å². The van der Waals surface area contributed by atoms with Gasteiger partial charge in [-0.2, -0.15) is 0 Å². The fourth-order valence-corrected chi connectivity index (χ4v) is 4.17. The first-order chi connectivity index (χ1) is 29.9. The molecule has 2 N–H and O–H groups in total. The summed E-state index contributed by atoms with van der Waals surface area (Å²) in [4.78, 5) is 46.8. The second-order valence-electron chi connectivity index (χ2n) is 13.4. The van der Waals surface area contributed by atoms with Gasteiger partial charge in [-0.15, -0.1) is 0 Å². The van der Waals surface area contributed by atoms with Gasteiger partial charge in [0.1, 0.15) is 5.69 Å². The SMILES string of the molecule is C.CC.CC.CC.CC.CC(C)C(=O)NCc1cccnc1.CC(C)C(=O)NCc1ccncc1.CC(C)c1ncc(-c2ccccn2)o1.CC(C)c1ncc(-c2cccnc2)o1. The highest BCUT2D eigenvalue weighted by atomic mass is 16.4. The molecule has 0 saturated carbocycles. The van der Waals surface area contributed by atoms with E-state index >= 15 is 0 Å². The fourth-order valence-electron chi connectivity index (χ4n) is 4.17. The fraction of sp³-hybridized carbons (Fsp3) is 0.451. The molecule has 6 rings (SSSR count). The summed E-state index contributed by atoms with van der Waals surface area (Å²) in [6, 6.07) is 17.1. The lowest BCUT2D eigenvalue weighted by molar-refractivity contribution is -0.124. The molecular weight excluding hydrogens is 789 g/mol. The van der Waals surface area contributed by atoms with Crippen molar-refractivity contribution in [2.45, 2.75) is 143 Å². The lowest BCUT2D eigenvalue weighted by Crippen LogP contribution is -2.27. The Morgan fingerprint density at radius 2 is 0.968 bits per heavy atom. The van der Waals surface area contributed by atoms with Crippen LogP contribution in [0.5, 0.6) is 0 Å². The molecule has 6 aromatic heterocycles. The predicted molar refractivity (Wildman–Crippen MR) is 262 cm³/mol. The van der Waals surface area contributed by atoms with E-state index in [4.69, 9.17) is 8.83 Å². The minimum atomic E-state index is 0. The van der Waals surface area contributed by atoms with Gasteiger partial charge in [-0.1, -0.05) is 130 Å². The summed E-state index contributed by atoms with van der Waals surface area (Å²) < 4.78 is 11.1. The Morgan fingerprint density at radius 3 is 1.38 bits per heavy atom. The number of pyridine rings is 4. The molecule has 0 aliphatic rings. The van der Waals surface area contributed by atoms with Gasteiger partial charge in [0.2, 0.25) is 11.8 Å². The zero-order valence-corrected chi connectivity index (χ0v) is 40.4. The highest BCUT2D eigenvalue weighted by Gasteiger charge is 2.10. The highest BCUT2D eigenvalue weighted by Crippen LogP contribution is 2.23. The Kier molecular flexibility index (Phi) is 37.8. The average molecular weight is 869 g/mol. The van der Waals surface area contributed by atoms with Crippen molar-refractivity contribution in [1.82, 2.24) is 40.5 Å². The zero-order valence-electron chi connectivity index (χ0n) is 40.4. The van der Waals surface area contributed by atoms with Crippen molar-refractivity contribution in [2.75, 3.05) is 0 Å². The number of oxazole rings is 2. The lowest BCUT2D eigenvalue weighted by Gasteiger charge is -2.06. The third-order valence-corrected chi connectivity index (χ3v) is 7.35. The van der Waals surface area contributed by atoms with E-state index in [1.165, 1.54) is 0 Å². The highest BCUT2D eigenvalue weighted by molar-refractivity contribution is 5.78. The number of carbonyl (C=O) groups is 2. The monoisotopic (exact) mass is 869 g/mol. The molecular formula is C51H80N8O4. The summed E-state index contributed by atoms with van der Waals surface area (Å²) in [5.74, 6) is 3.90. The molecule has 12 heteroatoms. The maximum absolute atomic E-state index is 11.2. The van der Waals surface area contributed by atoms with E-state index in [2.05, 4.69) is 54.4 Å². The third kappa shape index (κ3) is 26.8. The predicted octanol–water partition coefficient (Wildman–Crippen LogP) is 13.2. The molecule has 0 radical (unpaired) electrons. The number of rotatable bonds is 10. The zero-order chi connectivity index (χ0) is 47.3. The number of nitrogens with one attached hydrogen (secondary N) is 2. The van der Waals surface area contributed by atoms with Gasteiger partial charge in [0.05, 0.1) is 12.4 Å². The molecule has 0 bridgehead atoms. The largest absolute Gasteiger partial charge is 0.440 e. The summed E-state index contributed by atoms with van der Waals surface area (Å²) in [6.07, 6.45) is 15.6. The van der Waals surface area contributed by atoms with Crippen LogP contribution in [0.15, 0.2) is 119 Å². The Balaban J connectivity index is -0.000000719. The Morgan fingerprint density at radius 1 is 0.492 bits per heavy atom. The molecule has 0 aliphatic carbocycles. The van der Waals surface area contributed by atoms with Gasteiger partial charge >= 0.3 is 0 Å². The van der Waals surface area contributed by atoms with Gasteiger partial charge in [-0.3, -0.25) is 29.5 Å². The molecule has 0 fully saturated rings. The number of hydrogen-bond donors (Lipinski definition) is 2. The number of amides is 2. The smallest absolute Gasteiger partial charge is 0.222 e.